The van der Waals surface area contributed by atoms with E-state index in [1.165, 1.54) is 29.8 Å². The lowest BCUT2D eigenvalue weighted by Gasteiger charge is -2.07. The van der Waals surface area contributed by atoms with E-state index in [1.807, 2.05) is 24.3 Å². The van der Waals surface area contributed by atoms with Gasteiger partial charge in [0, 0.05) is 13.6 Å². The first-order valence-corrected chi connectivity index (χ1v) is 9.11. The highest BCUT2D eigenvalue weighted by Crippen LogP contribution is 2.18. The van der Waals surface area contributed by atoms with Gasteiger partial charge < -0.3 is 9.15 Å². The van der Waals surface area contributed by atoms with Crippen LogP contribution in [0.5, 0.6) is 5.75 Å². The molecule has 0 spiro atoms. The standard InChI is InChI=1S/C17H18N2O5S/c1-19-15-11-14(7-8-16(15)24-17(19)20)25(21,22)18-10-9-12-3-5-13(23-2)6-4-12/h3-8,11,18H,9-10H2,1-2H3. The Morgan fingerprint density at radius 3 is 2.56 bits per heavy atom. The first-order valence-electron chi connectivity index (χ1n) is 7.63. The van der Waals surface area contributed by atoms with Crippen LogP contribution in [0.25, 0.3) is 11.1 Å². The highest BCUT2D eigenvalue weighted by atomic mass is 32.2. The first-order chi connectivity index (χ1) is 11.9. The van der Waals surface area contributed by atoms with Crippen molar-refractivity contribution < 1.29 is 17.6 Å². The maximum Gasteiger partial charge on any atom is 0.419 e. The Labute approximate surface area is 144 Å². The largest absolute Gasteiger partial charge is 0.497 e. The number of nitrogens with zero attached hydrogens (tertiary/aromatic N) is 1. The minimum Gasteiger partial charge on any atom is -0.497 e. The van der Waals surface area contributed by atoms with Crippen molar-refractivity contribution in [2.24, 2.45) is 7.05 Å². The third-order valence-electron chi connectivity index (χ3n) is 3.94. The molecule has 0 amide bonds. The van der Waals surface area contributed by atoms with Gasteiger partial charge in [-0.25, -0.2) is 17.9 Å². The van der Waals surface area contributed by atoms with E-state index in [9.17, 15) is 13.2 Å². The number of aryl methyl sites for hydroxylation is 1. The molecule has 0 atom stereocenters. The Balaban J connectivity index is 1.72. The molecule has 0 aliphatic rings. The summed E-state index contributed by atoms with van der Waals surface area (Å²) in [6.45, 7) is 0.261. The van der Waals surface area contributed by atoms with Crippen molar-refractivity contribution in [1.82, 2.24) is 9.29 Å². The maximum absolute atomic E-state index is 12.4. The lowest BCUT2D eigenvalue weighted by atomic mass is 10.1. The van der Waals surface area contributed by atoms with E-state index in [1.54, 1.807) is 7.11 Å². The molecule has 25 heavy (non-hydrogen) atoms. The first kappa shape index (κ1) is 17.2. The second-order valence-electron chi connectivity index (χ2n) is 5.55. The van der Waals surface area contributed by atoms with Crippen molar-refractivity contribution in [3.63, 3.8) is 0 Å². The van der Waals surface area contributed by atoms with Crippen molar-refractivity contribution >= 4 is 21.1 Å². The van der Waals surface area contributed by atoms with Crippen LogP contribution in [0, 0.1) is 0 Å². The molecule has 2 aromatic carbocycles. The fourth-order valence-corrected chi connectivity index (χ4v) is 3.53. The summed E-state index contributed by atoms with van der Waals surface area (Å²) >= 11 is 0. The van der Waals surface area contributed by atoms with Gasteiger partial charge in [0.05, 0.1) is 17.5 Å². The summed E-state index contributed by atoms with van der Waals surface area (Å²) in [4.78, 5) is 11.6. The molecule has 132 valence electrons. The quantitative estimate of drug-likeness (QED) is 0.720. The summed E-state index contributed by atoms with van der Waals surface area (Å²) in [5.74, 6) is 0.223. The molecule has 8 heteroatoms. The number of hydrogen-bond acceptors (Lipinski definition) is 5. The summed E-state index contributed by atoms with van der Waals surface area (Å²) in [5, 5.41) is 0. The van der Waals surface area contributed by atoms with Crippen LogP contribution < -0.4 is 15.2 Å². The summed E-state index contributed by atoms with van der Waals surface area (Å²) in [6, 6.07) is 11.8. The zero-order chi connectivity index (χ0) is 18.0. The second-order valence-corrected chi connectivity index (χ2v) is 7.32. The SMILES string of the molecule is COc1ccc(CCNS(=O)(=O)c2ccc3oc(=O)n(C)c3c2)cc1. The number of rotatable bonds is 6. The van der Waals surface area contributed by atoms with Crippen molar-refractivity contribution in [2.45, 2.75) is 11.3 Å². The van der Waals surface area contributed by atoms with Crippen LogP contribution in [0.3, 0.4) is 0 Å². The minimum absolute atomic E-state index is 0.0890. The van der Waals surface area contributed by atoms with Crippen molar-refractivity contribution in [2.75, 3.05) is 13.7 Å². The Morgan fingerprint density at radius 2 is 1.88 bits per heavy atom. The molecule has 1 aromatic heterocycles. The van der Waals surface area contributed by atoms with Gasteiger partial charge in [-0.05, 0) is 42.3 Å². The van der Waals surface area contributed by atoms with Gasteiger partial charge in [-0.15, -0.1) is 0 Å². The molecule has 0 unspecified atom stereocenters. The number of oxazole rings is 1. The Hall–Kier alpha value is -2.58. The van der Waals surface area contributed by atoms with Gasteiger partial charge in [-0.3, -0.25) is 4.57 Å². The van der Waals surface area contributed by atoms with Crippen LogP contribution in [0.1, 0.15) is 5.56 Å². The molecule has 0 saturated carbocycles. The van der Waals surface area contributed by atoms with Crippen molar-refractivity contribution in [3.05, 3.63) is 58.6 Å². The van der Waals surface area contributed by atoms with Crippen molar-refractivity contribution in [1.29, 1.82) is 0 Å². The zero-order valence-corrected chi connectivity index (χ0v) is 14.7. The average Bonchev–Trinajstić information content (AvgIpc) is 2.89. The number of ether oxygens (including phenoxy) is 1. The number of nitrogens with one attached hydrogen (secondary N) is 1. The lowest BCUT2D eigenvalue weighted by Crippen LogP contribution is -2.26. The predicted molar refractivity (Wildman–Crippen MR) is 93.3 cm³/mol. The van der Waals surface area contributed by atoms with E-state index in [0.29, 0.717) is 17.5 Å². The van der Waals surface area contributed by atoms with Crippen LogP contribution in [-0.2, 0) is 23.5 Å². The molecule has 3 aromatic rings. The van der Waals surface area contributed by atoms with Gasteiger partial charge >= 0.3 is 5.76 Å². The topological polar surface area (TPSA) is 90.5 Å². The van der Waals surface area contributed by atoms with Gasteiger partial charge in [-0.1, -0.05) is 12.1 Å². The average molecular weight is 362 g/mol. The van der Waals surface area contributed by atoms with Crippen LogP contribution in [0.2, 0.25) is 0 Å². The lowest BCUT2D eigenvalue weighted by molar-refractivity contribution is 0.414. The summed E-state index contributed by atoms with van der Waals surface area (Å²) in [5.41, 5.74) is 1.78. The molecule has 0 aliphatic carbocycles. The minimum atomic E-state index is -3.67. The number of sulfonamides is 1. The fraction of sp³-hybridized carbons (Fsp3) is 0.235. The summed E-state index contributed by atoms with van der Waals surface area (Å²) < 4.78 is 38.8. The molecule has 7 nitrogen and oxygen atoms in total. The number of benzene rings is 2. The van der Waals surface area contributed by atoms with E-state index >= 15 is 0 Å². The van der Waals surface area contributed by atoms with Gasteiger partial charge in [0.25, 0.3) is 0 Å². The highest BCUT2D eigenvalue weighted by molar-refractivity contribution is 7.89. The molecule has 1 N–H and O–H groups in total. The van der Waals surface area contributed by atoms with Crippen LogP contribution in [0.4, 0.5) is 0 Å². The van der Waals surface area contributed by atoms with Crippen LogP contribution in [-0.4, -0.2) is 26.6 Å². The Kier molecular flexibility index (Phi) is 4.65. The smallest absolute Gasteiger partial charge is 0.419 e. The van der Waals surface area contributed by atoms with Crippen LogP contribution in [0.15, 0.2) is 56.6 Å². The third-order valence-corrected chi connectivity index (χ3v) is 5.40. The van der Waals surface area contributed by atoms with E-state index in [0.717, 1.165) is 11.3 Å². The van der Waals surface area contributed by atoms with E-state index in [4.69, 9.17) is 9.15 Å². The zero-order valence-electron chi connectivity index (χ0n) is 13.9. The monoisotopic (exact) mass is 362 g/mol. The van der Waals surface area contributed by atoms with E-state index < -0.39 is 15.8 Å². The molecule has 0 radical (unpaired) electrons. The normalized spacial score (nSPS) is 11.8. The molecule has 0 saturated heterocycles. The maximum atomic E-state index is 12.4. The molecular formula is C17H18N2O5S. The molecular weight excluding hydrogens is 344 g/mol. The molecule has 0 fully saturated rings. The molecule has 0 bridgehead atoms. The summed E-state index contributed by atoms with van der Waals surface area (Å²) in [6.07, 6.45) is 0.551. The van der Waals surface area contributed by atoms with Gasteiger partial charge in [0.15, 0.2) is 5.58 Å². The van der Waals surface area contributed by atoms with Crippen molar-refractivity contribution in [3.8, 4) is 5.75 Å². The van der Waals surface area contributed by atoms with Crippen LogP contribution >= 0.6 is 0 Å². The Bertz CT molecular complexity index is 1050. The Morgan fingerprint density at radius 1 is 1.16 bits per heavy atom. The molecule has 3 rings (SSSR count). The number of methoxy groups -OCH3 is 1. The second kappa shape index (κ2) is 6.73. The van der Waals surface area contributed by atoms with E-state index in [2.05, 4.69) is 4.72 Å². The molecule has 0 aliphatic heterocycles. The highest BCUT2D eigenvalue weighted by Gasteiger charge is 2.16. The van der Waals surface area contributed by atoms with Gasteiger partial charge in [0.1, 0.15) is 5.75 Å². The number of hydrogen-bond donors (Lipinski definition) is 1. The number of aromatic nitrogens is 1. The molecule has 1 heterocycles. The van der Waals surface area contributed by atoms with E-state index in [-0.39, 0.29) is 11.4 Å². The van der Waals surface area contributed by atoms with Gasteiger partial charge in [0.2, 0.25) is 10.0 Å². The third kappa shape index (κ3) is 3.59. The van der Waals surface area contributed by atoms with Gasteiger partial charge in [-0.2, -0.15) is 0 Å². The number of fused-ring (bicyclic) bond motifs is 1. The predicted octanol–water partition coefficient (Wildman–Crippen LogP) is 1.66. The fourth-order valence-electron chi connectivity index (χ4n) is 2.48. The summed E-state index contributed by atoms with van der Waals surface area (Å²) in [7, 11) is -0.551.